The van der Waals surface area contributed by atoms with Gasteiger partial charge in [0.15, 0.2) is 11.5 Å². The highest BCUT2D eigenvalue weighted by molar-refractivity contribution is 6.00. The normalized spacial score (nSPS) is 27.1. The lowest BCUT2D eigenvalue weighted by Gasteiger charge is -2.35. The summed E-state index contributed by atoms with van der Waals surface area (Å²) in [4.78, 5) is 15.3. The van der Waals surface area contributed by atoms with Gasteiger partial charge in [0.25, 0.3) is 5.91 Å². The maximum Gasteiger partial charge on any atom is 0.255 e. The highest BCUT2D eigenvalue weighted by atomic mass is 16.5. The van der Waals surface area contributed by atoms with Gasteiger partial charge in [-0.3, -0.25) is 4.79 Å². The molecule has 0 radical (unpaired) electrons. The highest BCUT2D eigenvalue weighted by Crippen LogP contribution is 2.40. The third-order valence-corrected chi connectivity index (χ3v) is 7.03. The van der Waals surface area contributed by atoms with Crippen molar-refractivity contribution in [3.63, 3.8) is 0 Å². The maximum absolute atomic E-state index is 13.4. The predicted octanol–water partition coefficient (Wildman–Crippen LogP) is 3.34. The molecule has 6 heteroatoms. The number of fused-ring (bicyclic) bond motifs is 2. The molecule has 1 saturated carbocycles. The average Bonchev–Trinajstić information content (AvgIpc) is 3.21. The number of aliphatic hydroxyl groups excluding tert-OH is 1. The number of amides is 1. The van der Waals surface area contributed by atoms with Crippen molar-refractivity contribution < 1.29 is 19.4 Å². The van der Waals surface area contributed by atoms with Gasteiger partial charge >= 0.3 is 0 Å². The standard InChI is InChI=1S/C25H30N2O4/c1-30-21-9-2-3-10-22(21)31-23-13-18-15-27(14-17(18)12-20(23)28)25(29)19-8-4-6-16-7-5-11-26-24(16)19/h2-4,6,8-10,17-18,20,23,26,28H,5,7,11-15H2,1H3/t17-,18+,20+,23+/m0/s1. The van der Waals surface area contributed by atoms with Gasteiger partial charge in [-0.05, 0) is 61.3 Å². The van der Waals surface area contributed by atoms with Crippen molar-refractivity contribution >= 4 is 11.6 Å². The summed E-state index contributed by atoms with van der Waals surface area (Å²) in [5.41, 5.74) is 3.01. The molecule has 1 amide bonds. The molecule has 4 atom stereocenters. The fourth-order valence-electron chi connectivity index (χ4n) is 5.42. The number of para-hydroxylation sites is 3. The van der Waals surface area contributed by atoms with Gasteiger partial charge in [0.1, 0.15) is 6.10 Å². The van der Waals surface area contributed by atoms with Crippen LogP contribution in [0.5, 0.6) is 11.5 Å². The van der Waals surface area contributed by atoms with Gasteiger partial charge in [0.2, 0.25) is 0 Å². The second-order valence-corrected chi connectivity index (χ2v) is 8.95. The van der Waals surface area contributed by atoms with Crippen molar-refractivity contribution in [3.8, 4) is 11.5 Å². The Hall–Kier alpha value is -2.73. The minimum Gasteiger partial charge on any atom is -0.493 e. The highest BCUT2D eigenvalue weighted by Gasteiger charge is 2.44. The van der Waals surface area contributed by atoms with Crippen LogP contribution in [-0.4, -0.2) is 54.9 Å². The van der Waals surface area contributed by atoms with Crippen LogP contribution >= 0.6 is 0 Å². The van der Waals surface area contributed by atoms with E-state index in [1.165, 1.54) is 5.56 Å². The van der Waals surface area contributed by atoms with Crippen LogP contribution in [0.15, 0.2) is 42.5 Å². The van der Waals surface area contributed by atoms with Crippen LogP contribution < -0.4 is 14.8 Å². The molecule has 31 heavy (non-hydrogen) atoms. The van der Waals surface area contributed by atoms with Gasteiger partial charge < -0.3 is 24.8 Å². The van der Waals surface area contributed by atoms with Crippen LogP contribution in [-0.2, 0) is 6.42 Å². The van der Waals surface area contributed by atoms with E-state index in [2.05, 4.69) is 11.4 Å². The SMILES string of the molecule is COc1ccccc1O[C@@H]1C[C@@H]2CN(C(=O)c3cccc4c3NCCC4)C[C@@H]2C[C@H]1O. The van der Waals surface area contributed by atoms with E-state index in [-0.39, 0.29) is 12.0 Å². The van der Waals surface area contributed by atoms with Gasteiger partial charge in [-0.25, -0.2) is 0 Å². The van der Waals surface area contributed by atoms with Crippen molar-refractivity contribution in [2.75, 3.05) is 32.1 Å². The van der Waals surface area contributed by atoms with E-state index >= 15 is 0 Å². The zero-order chi connectivity index (χ0) is 21.4. The van der Waals surface area contributed by atoms with Crippen LogP contribution in [0.25, 0.3) is 0 Å². The summed E-state index contributed by atoms with van der Waals surface area (Å²) >= 11 is 0. The number of anilines is 1. The summed E-state index contributed by atoms with van der Waals surface area (Å²) in [7, 11) is 1.62. The van der Waals surface area contributed by atoms with Crippen LogP contribution in [0.2, 0.25) is 0 Å². The fourth-order valence-corrected chi connectivity index (χ4v) is 5.42. The number of rotatable bonds is 4. The van der Waals surface area contributed by atoms with Crippen LogP contribution in [0, 0.1) is 11.8 Å². The average molecular weight is 423 g/mol. The minimum atomic E-state index is -0.549. The van der Waals surface area contributed by atoms with Gasteiger partial charge in [-0.1, -0.05) is 24.3 Å². The number of ether oxygens (including phenoxy) is 2. The fraction of sp³-hybridized carbons (Fsp3) is 0.480. The van der Waals surface area contributed by atoms with E-state index < -0.39 is 6.10 Å². The Morgan fingerprint density at radius 2 is 1.84 bits per heavy atom. The Bertz CT molecular complexity index is 962. The molecule has 2 fully saturated rings. The lowest BCUT2D eigenvalue weighted by atomic mass is 9.78. The minimum absolute atomic E-state index is 0.0948. The Balaban J connectivity index is 1.29. The first-order valence-corrected chi connectivity index (χ1v) is 11.3. The molecule has 6 nitrogen and oxygen atoms in total. The van der Waals surface area contributed by atoms with Crippen molar-refractivity contribution in [1.29, 1.82) is 0 Å². The summed E-state index contributed by atoms with van der Waals surface area (Å²) in [6.45, 7) is 2.33. The third kappa shape index (κ3) is 3.85. The Morgan fingerprint density at radius 1 is 1.06 bits per heavy atom. The molecule has 0 unspecified atom stereocenters. The quantitative estimate of drug-likeness (QED) is 0.791. The Morgan fingerprint density at radius 3 is 2.65 bits per heavy atom. The summed E-state index contributed by atoms with van der Waals surface area (Å²) < 4.78 is 11.6. The first kappa shape index (κ1) is 20.2. The molecular weight excluding hydrogens is 392 g/mol. The van der Waals surface area contributed by atoms with Gasteiger partial charge in [-0.15, -0.1) is 0 Å². The van der Waals surface area contributed by atoms with Crippen LogP contribution in [0.4, 0.5) is 5.69 Å². The topological polar surface area (TPSA) is 71.0 Å². The van der Waals surface area contributed by atoms with E-state index in [0.717, 1.165) is 37.1 Å². The summed E-state index contributed by atoms with van der Waals surface area (Å²) in [5.74, 6) is 2.06. The van der Waals surface area contributed by atoms with Crippen molar-refractivity contribution in [3.05, 3.63) is 53.6 Å². The number of likely N-dealkylation sites (tertiary alicyclic amines) is 1. The number of aliphatic hydroxyl groups is 1. The lowest BCUT2D eigenvalue weighted by Crippen LogP contribution is -2.42. The molecule has 3 aliphatic rings. The Labute approximate surface area is 183 Å². The number of benzene rings is 2. The molecule has 0 bridgehead atoms. The molecule has 1 aliphatic carbocycles. The van der Waals surface area contributed by atoms with E-state index in [4.69, 9.17) is 9.47 Å². The predicted molar refractivity (Wildman–Crippen MR) is 119 cm³/mol. The molecule has 2 N–H and O–H groups in total. The monoisotopic (exact) mass is 422 g/mol. The summed E-state index contributed by atoms with van der Waals surface area (Å²) in [5, 5.41) is 14.2. The Kier molecular flexibility index (Phi) is 5.48. The number of hydrogen-bond donors (Lipinski definition) is 2. The summed E-state index contributed by atoms with van der Waals surface area (Å²) in [6.07, 6.45) is 2.66. The third-order valence-electron chi connectivity index (χ3n) is 7.03. The van der Waals surface area contributed by atoms with Crippen LogP contribution in [0.1, 0.15) is 35.2 Å². The van der Waals surface area contributed by atoms with Gasteiger partial charge in [-0.2, -0.15) is 0 Å². The van der Waals surface area contributed by atoms with E-state index in [1.54, 1.807) is 7.11 Å². The molecule has 0 spiro atoms. The van der Waals surface area contributed by atoms with Crippen LogP contribution in [0.3, 0.4) is 0 Å². The molecule has 2 aliphatic heterocycles. The zero-order valence-electron chi connectivity index (χ0n) is 17.9. The van der Waals surface area contributed by atoms with Gasteiger partial charge in [0, 0.05) is 19.6 Å². The second-order valence-electron chi connectivity index (χ2n) is 8.95. The number of methoxy groups -OCH3 is 1. The number of hydrogen-bond acceptors (Lipinski definition) is 5. The number of aryl methyl sites for hydroxylation is 1. The summed E-state index contributed by atoms with van der Waals surface area (Å²) in [6, 6.07) is 13.6. The van der Waals surface area contributed by atoms with Crippen molar-refractivity contribution in [2.45, 2.75) is 37.9 Å². The maximum atomic E-state index is 13.4. The smallest absolute Gasteiger partial charge is 0.255 e. The van der Waals surface area contributed by atoms with E-state index in [1.807, 2.05) is 41.3 Å². The number of carbonyl (C=O) groups is 1. The van der Waals surface area contributed by atoms with Gasteiger partial charge in [0.05, 0.1) is 24.5 Å². The number of nitrogens with zero attached hydrogens (tertiary/aromatic N) is 1. The lowest BCUT2D eigenvalue weighted by molar-refractivity contribution is -0.0240. The largest absolute Gasteiger partial charge is 0.493 e. The van der Waals surface area contributed by atoms with E-state index in [0.29, 0.717) is 42.8 Å². The molecule has 2 aromatic rings. The van der Waals surface area contributed by atoms with Crippen molar-refractivity contribution in [1.82, 2.24) is 4.90 Å². The number of carbonyl (C=O) groups excluding carboxylic acids is 1. The zero-order valence-corrected chi connectivity index (χ0v) is 17.9. The molecule has 5 rings (SSSR count). The van der Waals surface area contributed by atoms with Crippen molar-refractivity contribution in [2.24, 2.45) is 11.8 Å². The first-order chi connectivity index (χ1) is 15.1. The molecule has 0 aromatic heterocycles. The molecule has 2 aromatic carbocycles. The second kappa shape index (κ2) is 8.42. The molecule has 2 heterocycles. The molecule has 164 valence electrons. The van der Waals surface area contributed by atoms with E-state index in [9.17, 15) is 9.90 Å². The molecule has 1 saturated heterocycles. The first-order valence-electron chi connectivity index (χ1n) is 11.3. The molecular formula is C25H30N2O4. The number of nitrogens with one attached hydrogen (secondary N) is 1.